The summed E-state index contributed by atoms with van der Waals surface area (Å²) in [4.78, 5) is 0. The molecule has 0 aliphatic carbocycles. The average Bonchev–Trinajstić information content (AvgIpc) is 2.77. The average molecular weight is 235 g/mol. The Morgan fingerprint density at radius 2 is 1.61 bits per heavy atom. The summed E-state index contributed by atoms with van der Waals surface area (Å²) < 4.78 is 2.32. The Kier molecular flexibility index (Phi) is 2.67. The summed E-state index contributed by atoms with van der Waals surface area (Å²) in [5.74, 6) is 0. The molecule has 0 aliphatic rings. The number of rotatable bonds is 2. The molecule has 0 amide bonds. The van der Waals surface area contributed by atoms with Gasteiger partial charge in [0.2, 0.25) is 0 Å². The fourth-order valence-electron chi connectivity index (χ4n) is 2.49. The molecule has 18 heavy (non-hydrogen) atoms. The van der Waals surface area contributed by atoms with Crippen molar-refractivity contribution >= 4 is 10.9 Å². The highest BCUT2D eigenvalue weighted by Gasteiger charge is 2.04. The summed E-state index contributed by atoms with van der Waals surface area (Å²) in [5.41, 5.74) is 5.40. The van der Waals surface area contributed by atoms with E-state index in [0.717, 1.165) is 6.54 Å². The maximum atomic E-state index is 2.32. The Bertz CT molecular complexity index is 692. The van der Waals surface area contributed by atoms with Gasteiger partial charge in [0, 0.05) is 23.6 Å². The first kappa shape index (κ1) is 11.1. The highest BCUT2D eigenvalue weighted by Crippen LogP contribution is 2.21. The molecule has 1 heteroatoms. The van der Waals surface area contributed by atoms with Crippen molar-refractivity contribution in [2.45, 2.75) is 20.4 Å². The summed E-state index contributed by atoms with van der Waals surface area (Å²) >= 11 is 0. The molecule has 1 aromatic heterocycles. The first-order valence-electron chi connectivity index (χ1n) is 6.34. The van der Waals surface area contributed by atoms with Gasteiger partial charge in [-0.05, 0) is 42.7 Å². The smallest absolute Gasteiger partial charge is 0.0486 e. The van der Waals surface area contributed by atoms with Crippen molar-refractivity contribution in [3.05, 3.63) is 71.4 Å². The van der Waals surface area contributed by atoms with Crippen LogP contribution >= 0.6 is 0 Å². The van der Waals surface area contributed by atoms with Gasteiger partial charge in [0.05, 0.1) is 0 Å². The Morgan fingerprint density at radius 3 is 2.44 bits per heavy atom. The number of aromatic nitrogens is 1. The first-order chi connectivity index (χ1) is 8.75. The maximum absolute atomic E-state index is 2.32. The zero-order valence-electron chi connectivity index (χ0n) is 10.9. The van der Waals surface area contributed by atoms with Gasteiger partial charge in [-0.3, -0.25) is 0 Å². The summed E-state index contributed by atoms with van der Waals surface area (Å²) in [5, 5.41) is 1.35. The number of aryl methyl sites for hydroxylation is 2. The fraction of sp³-hybridized carbons (Fsp3) is 0.176. The number of hydrogen-bond donors (Lipinski definition) is 0. The molecule has 1 nitrogen and oxygen atoms in total. The van der Waals surface area contributed by atoms with E-state index in [4.69, 9.17) is 0 Å². The molecule has 0 atom stereocenters. The fourth-order valence-corrected chi connectivity index (χ4v) is 2.49. The monoisotopic (exact) mass is 235 g/mol. The maximum Gasteiger partial charge on any atom is 0.0486 e. The molecule has 90 valence electrons. The molecule has 3 aromatic rings. The highest BCUT2D eigenvalue weighted by molar-refractivity contribution is 5.83. The van der Waals surface area contributed by atoms with E-state index in [-0.39, 0.29) is 0 Å². The molecule has 1 heterocycles. The molecular formula is C17H17N. The van der Waals surface area contributed by atoms with E-state index in [1.54, 1.807) is 0 Å². The van der Waals surface area contributed by atoms with Crippen molar-refractivity contribution in [2.75, 3.05) is 0 Å². The van der Waals surface area contributed by atoms with Crippen molar-refractivity contribution in [1.82, 2.24) is 4.57 Å². The van der Waals surface area contributed by atoms with Gasteiger partial charge in [0.25, 0.3) is 0 Å². The molecule has 0 bridgehead atoms. The van der Waals surface area contributed by atoms with Crippen molar-refractivity contribution in [2.24, 2.45) is 0 Å². The van der Waals surface area contributed by atoms with Crippen LogP contribution in [0, 0.1) is 13.8 Å². The van der Waals surface area contributed by atoms with Crippen LogP contribution in [0.25, 0.3) is 10.9 Å². The molecule has 0 aliphatic heterocycles. The third-order valence-electron chi connectivity index (χ3n) is 3.63. The number of nitrogens with zero attached hydrogens (tertiary/aromatic N) is 1. The summed E-state index contributed by atoms with van der Waals surface area (Å²) in [6.07, 6.45) is 2.18. The van der Waals surface area contributed by atoms with Crippen LogP contribution in [0.3, 0.4) is 0 Å². The van der Waals surface area contributed by atoms with E-state index >= 15 is 0 Å². The molecular weight excluding hydrogens is 218 g/mol. The zero-order valence-corrected chi connectivity index (χ0v) is 10.9. The Labute approximate surface area is 108 Å². The second kappa shape index (κ2) is 4.34. The normalized spacial score (nSPS) is 11.0. The third kappa shape index (κ3) is 1.82. The second-order valence-corrected chi connectivity index (χ2v) is 4.88. The minimum absolute atomic E-state index is 0.944. The van der Waals surface area contributed by atoms with Crippen LogP contribution in [0.15, 0.2) is 54.7 Å². The quantitative estimate of drug-likeness (QED) is 0.624. The largest absolute Gasteiger partial charge is 0.343 e. The lowest BCUT2D eigenvalue weighted by atomic mass is 10.1. The van der Waals surface area contributed by atoms with Crippen LogP contribution in [0.4, 0.5) is 0 Å². The van der Waals surface area contributed by atoms with Gasteiger partial charge in [0.15, 0.2) is 0 Å². The zero-order chi connectivity index (χ0) is 12.5. The summed E-state index contributed by atoms with van der Waals surface area (Å²) in [7, 11) is 0. The van der Waals surface area contributed by atoms with E-state index in [9.17, 15) is 0 Å². The minimum atomic E-state index is 0.944. The molecule has 0 saturated heterocycles. The molecule has 0 saturated carbocycles. The van der Waals surface area contributed by atoms with Gasteiger partial charge >= 0.3 is 0 Å². The van der Waals surface area contributed by atoms with Crippen LogP contribution in [0.1, 0.15) is 16.7 Å². The van der Waals surface area contributed by atoms with E-state index in [0.29, 0.717) is 0 Å². The lowest BCUT2D eigenvalue weighted by molar-refractivity contribution is 0.830. The van der Waals surface area contributed by atoms with E-state index < -0.39 is 0 Å². The molecule has 0 unspecified atom stereocenters. The number of benzene rings is 2. The SMILES string of the molecule is Cc1ccccc1Cn1ccc2c(C)cccc21. The lowest BCUT2D eigenvalue weighted by Crippen LogP contribution is -1.99. The van der Waals surface area contributed by atoms with E-state index in [2.05, 4.69) is 73.1 Å². The van der Waals surface area contributed by atoms with Crippen molar-refractivity contribution < 1.29 is 0 Å². The summed E-state index contributed by atoms with van der Waals surface area (Å²) in [6.45, 7) is 5.28. The predicted octanol–water partition coefficient (Wildman–Crippen LogP) is 4.31. The Morgan fingerprint density at radius 1 is 0.833 bits per heavy atom. The topological polar surface area (TPSA) is 4.93 Å². The van der Waals surface area contributed by atoms with Gasteiger partial charge in [-0.15, -0.1) is 0 Å². The molecule has 0 radical (unpaired) electrons. The minimum Gasteiger partial charge on any atom is -0.343 e. The number of fused-ring (bicyclic) bond motifs is 1. The van der Waals surface area contributed by atoms with Crippen LogP contribution < -0.4 is 0 Å². The molecule has 0 fully saturated rings. The van der Waals surface area contributed by atoms with Gasteiger partial charge in [0.1, 0.15) is 0 Å². The second-order valence-electron chi connectivity index (χ2n) is 4.88. The summed E-state index contributed by atoms with van der Waals surface area (Å²) in [6, 6.07) is 17.3. The van der Waals surface area contributed by atoms with Crippen LogP contribution in [0.2, 0.25) is 0 Å². The van der Waals surface area contributed by atoms with Crippen molar-refractivity contribution in [3.63, 3.8) is 0 Å². The van der Waals surface area contributed by atoms with Gasteiger partial charge < -0.3 is 4.57 Å². The van der Waals surface area contributed by atoms with Crippen molar-refractivity contribution in [3.8, 4) is 0 Å². The highest BCUT2D eigenvalue weighted by atomic mass is 14.9. The molecule has 3 rings (SSSR count). The Balaban J connectivity index is 2.06. The predicted molar refractivity (Wildman–Crippen MR) is 77.0 cm³/mol. The first-order valence-corrected chi connectivity index (χ1v) is 6.34. The molecule has 2 aromatic carbocycles. The van der Waals surface area contributed by atoms with Crippen LogP contribution in [-0.4, -0.2) is 4.57 Å². The van der Waals surface area contributed by atoms with Gasteiger partial charge in [-0.2, -0.15) is 0 Å². The van der Waals surface area contributed by atoms with E-state index in [1.807, 2.05) is 0 Å². The molecule has 0 spiro atoms. The lowest BCUT2D eigenvalue weighted by Gasteiger charge is -2.08. The van der Waals surface area contributed by atoms with E-state index in [1.165, 1.54) is 27.6 Å². The molecule has 0 N–H and O–H groups in total. The third-order valence-corrected chi connectivity index (χ3v) is 3.63. The van der Waals surface area contributed by atoms with Gasteiger partial charge in [-0.1, -0.05) is 36.4 Å². The van der Waals surface area contributed by atoms with Crippen LogP contribution in [0.5, 0.6) is 0 Å². The van der Waals surface area contributed by atoms with Gasteiger partial charge in [-0.25, -0.2) is 0 Å². The van der Waals surface area contributed by atoms with Crippen molar-refractivity contribution in [1.29, 1.82) is 0 Å². The Hall–Kier alpha value is -2.02. The van der Waals surface area contributed by atoms with Crippen LogP contribution in [-0.2, 0) is 6.54 Å². The standard InChI is InChI=1S/C17H17N/c1-13-6-3-4-8-15(13)12-18-11-10-16-14(2)7-5-9-17(16)18/h3-11H,12H2,1-2H3. The number of hydrogen-bond acceptors (Lipinski definition) is 0.